The maximum atomic E-state index is 12.5. The Morgan fingerprint density at radius 1 is 1.21 bits per heavy atom. The van der Waals surface area contributed by atoms with Gasteiger partial charge in [0.25, 0.3) is 5.91 Å². The topological polar surface area (TPSA) is 95.4 Å². The van der Waals surface area contributed by atoms with Crippen LogP contribution >= 0.6 is 0 Å². The summed E-state index contributed by atoms with van der Waals surface area (Å²) in [5.74, 6) is -0.240. The van der Waals surface area contributed by atoms with Crippen LogP contribution in [0, 0.1) is 0 Å². The fraction of sp³-hybridized carbons (Fsp3) is 0.118. The van der Waals surface area contributed by atoms with E-state index in [1.807, 2.05) is 30.3 Å². The third-order valence-corrected chi connectivity index (χ3v) is 3.84. The third kappa shape index (κ3) is 2.67. The van der Waals surface area contributed by atoms with Crippen molar-refractivity contribution in [3.8, 4) is 11.1 Å². The molecule has 2 N–H and O–H groups in total. The summed E-state index contributed by atoms with van der Waals surface area (Å²) in [6.45, 7) is 0. The van der Waals surface area contributed by atoms with Crippen molar-refractivity contribution >= 4 is 29.2 Å². The molecule has 0 radical (unpaired) electrons. The number of carbonyl (C=O) groups is 1. The predicted molar refractivity (Wildman–Crippen MR) is 92.2 cm³/mol. The highest BCUT2D eigenvalue weighted by atomic mass is 16.2. The molecule has 2 aromatic heterocycles. The number of fused-ring (bicyclic) bond motifs is 1. The molecule has 1 atom stereocenters. The standard InChI is InChI=1S/C17H14N6O/c24-17(21-13-5-7-19-20-10-13)16-14-8-11(3-4-15(14)22-23-16)12-2-1-6-18-9-12/h1-4,6-10,13H,5H2,(H,21,24)(H,22,23). The first-order valence-corrected chi connectivity index (χ1v) is 7.55. The van der Waals surface area contributed by atoms with Crippen LogP contribution < -0.4 is 5.32 Å². The SMILES string of the molecule is O=C(NC1C=NN=CC1)c1n[nH]c2ccc(-c3cccnc3)cc12. The lowest BCUT2D eigenvalue weighted by Crippen LogP contribution is -2.37. The number of hydrogen-bond donors (Lipinski definition) is 2. The monoisotopic (exact) mass is 318 g/mol. The summed E-state index contributed by atoms with van der Waals surface area (Å²) in [7, 11) is 0. The smallest absolute Gasteiger partial charge is 0.272 e. The van der Waals surface area contributed by atoms with Gasteiger partial charge in [0, 0.05) is 42.2 Å². The number of nitrogens with zero attached hydrogens (tertiary/aromatic N) is 4. The van der Waals surface area contributed by atoms with Crippen molar-refractivity contribution in [3.05, 3.63) is 48.4 Å². The molecule has 24 heavy (non-hydrogen) atoms. The number of pyridine rings is 1. The van der Waals surface area contributed by atoms with Crippen molar-refractivity contribution in [2.24, 2.45) is 10.2 Å². The van der Waals surface area contributed by atoms with Gasteiger partial charge in [-0.1, -0.05) is 12.1 Å². The number of hydrogen-bond acceptors (Lipinski definition) is 5. The van der Waals surface area contributed by atoms with Crippen LogP contribution in [0.25, 0.3) is 22.0 Å². The van der Waals surface area contributed by atoms with Crippen molar-refractivity contribution in [1.82, 2.24) is 20.5 Å². The zero-order valence-corrected chi connectivity index (χ0v) is 12.7. The lowest BCUT2D eigenvalue weighted by atomic mass is 10.0. The molecule has 3 heterocycles. The average molecular weight is 318 g/mol. The number of benzene rings is 1. The van der Waals surface area contributed by atoms with Crippen molar-refractivity contribution in [3.63, 3.8) is 0 Å². The number of aromatic amines is 1. The molecule has 7 nitrogen and oxygen atoms in total. The Morgan fingerprint density at radius 3 is 2.96 bits per heavy atom. The van der Waals surface area contributed by atoms with E-state index in [0.717, 1.165) is 22.0 Å². The summed E-state index contributed by atoms with van der Waals surface area (Å²) in [5, 5.41) is 18.3. The van der Waals surface area contributed by atoms with Crippen LogP contribution in [0.4, 0.5) is 0 Å². The minimum Gasteiger partial charge on any atom is -0.342 e. The van der Waals surface area contributed by atoms with Crippen molar-refractivity contribution < 1.29 is 4.79 Å². The first-order chi connectivity index (χ1) is 11.8. The molecular weight excluding hydrogens is 304 g/mol. The summed E-state index contributed by atoms with van der Waals surface area (Å²) >= 11 is 0. The zero-order valence-electron chi connectivity index (χ0n) is 12.7. The van der Waals surface area contributed by atoms with Crippen LogP contribution in [0.2, 0.25) is 0 Å². The van der Waals surface area contributed by atoms with E-state index in [2.05, 4.69) is 30.7 Å². The molecule has 0 aliphatic carbocycles. The maximum absolute atomic E-state index is 12.5. The van der Waals surface area contributed by atoms with Gasteiger partial charge in [0.2, 0.25) is 0 Å². The predicted octanol–water partition coefficient (Wildman–Crippen LogP) is 2.18. The summed E-state index contributed by atoms with van der Waals surface area (Å²) in [6.07, 6.45) is 7.44. The van der Waals surface area contributed by atoms with E-state index in [9.17, 15) is 4.79 Å². The molecule has 4 rings (SSSR count). The molecule has 1 aliphatic rings. The van der Waals surface area contributed by atoms with E-state index in [1.165, 1.54) is 0 Å². The Morgan fingerprint density at radius 2 is 2.17 bits per heavy atom. The molecule has 1 aromatic carbocycles. The van der Waals surface area contributed by atoms with Gasteiger partial charge in [-0.2, -0.15) is 15.3 Å². The van der Waals surface area contributed by atoms with E-state index < -0.39 is 0 Å². The van der Waals surface area contributed by atoms with Gasteiger partial charge in [-0.15, -0.1) is 0 Å². The van der Waals surface area contributed by atoms with Gasteiger partial charge in [0.15, 0.2) is 5.69 Å². The Bertz CT molecular complexity index is 944. The van der Waals surface area contributed by atoms with Crippen LogP contribution in [-0.4, -0.2) is 39.6 Å². The lowest BCUT2D eigenvalue weighted by molar-refractivity contribution is 0.0945. The fourth-order valence-electron chi connectivity index (χ4n) is 2.62. The van der Waals surface area contributed by atoms with Gasteiger partial charge < -0.3 is 5.32 Å². The van der Waals surface area contributed by atoms with Gasteiger partial charge in [-0.05, 0) is 23.8 Å². The van der Waals surface area contributed by atoms with Gasteiger partial charge >= 0.3 is 0 Å². The average Bonchev–Trinajstić information content (AvgIpc) is 3.06. The van der Waals surface area contributed by atoms with E-state index in [4.69, 9.17) is 0 Å². The number of aromatic nitrogens is 3. The Hall–Kier alpha value is -3.35. The summed E-state index contributed by atoms with van der Waals surface area (Å²) in [4.78, 5) is 16.7. The van der Waals surface area contributed by atoms with Crippen molar-refractivity contribution in [1.29, 1.82) is 0 Å². The Kier molecular flexibility index (Phi) is 3.59. The summed E-state index contributed by atoms with van der Waals surface area (Å²) < 4.78 is 0. The van der Waals surface area contributed by atoms with Crippen molar-refractivity contribution in [2.45, 2.75) is 12.5 Å². The molecule has 0 saturated heterocycles. The van der Waals surface area contributed by atoms with Crippen LogP contribution in [0.3, 0.4) is 0 Å². The van der Waals surface area contributed by atoms with E-state index in [-0.39, 0.29) is 11.9 Å². The molecule has 1 unspecified atom stereocenters. The van der Waals surface area contributed by atoms with Crippen LogP contribution in [0.15, 0.2) is 52.9 Å². The number of rotatable bonds is 3. The van der Waals surface area contributed by atoms with E-state index >= 15 is 0 Å². The highest BCUT2D eigenvalue weighted by Gasteiger charge is 2.18. The molecule has 1 aliphatic heterocycles. The van der Waals surface area contributed by atoms with Crippen LogP contribution in [0.5, 0.6) is 0 Å². The fourth-order valence-corrected chi connectivity index (χ4v) is 2.62. The molecule has 1 amide bonds. The minimum atomic E-state index is -0.240. The molecule has 0 saturated carbocycles. The minimum absolute atomic E-state index is 0.164. The number of carbonyl (C=O) groups excluding carboxylic acids is 1. The first kappa shape index (κ1) is 14.3. The summed E-state index contributed by atoms with van der Waals surface area (Å²) in [5.41, 5.74) is 3.15. The quantitative estimate of drug-likeness (QED) is 0.775. The largest absolute Gasteiger partial charge is 0.342 e. The maximum Gasteiger partial charge on any atom is 0.272 e. The summed E-state index contributed by atoms with van der Waals surface area (Å²) in [6, 6.07) is 9.53. The molecule has 118 valence electrons. The van der Waals surface area contributed by atoms with Gasteiger partial charge in [0.05, 0.1) is 11.6 Å². The lowest BCUT2D eigenvalue weighted by Gasteiger charge is -2.12. The molecule has 0 bridgehead atoms. The van der Waals surface area contributed by atoms with E-state index in [1.54, 1.807) is 24.8 Å². The van der Waals surface area contributed by atoms with Gasteiger partial charge in [-0.25, -0.2) is 0 Å². The third-order valence-electron chi connectivity index (χ3n) is 3.84. The molecule has 0 spiro atoms. The Labute approximate surface area is 137 Å². The first-order valence-electron chi connectivity index (χ1n) is 7.55. The normalized spacial score (nSPS) is 16.4. The highest BCUT2D eigenvalue weighted by Crippen LogP contribution is 2.24. The molecule has 3 aromatic rings. The Balaban J connectivity index is 1.67. The second-order valence-corrected chi connectivity index (χ2v) is 5.45. The zero-order chi connectivity index (χ0) is 16.4. The number of nitrogens with one attached hydrogen (secondary N) is 2. The second-order valence-electron chi connectivity index (χ2n) is 5.45. The highest BCUT2D eigenvalue weighted by molar-refractivity contribution is 6.06. The van der Waals surface area contributed by atoms with Gasteiger partial charge in [-0.3, -0.25) is 14.9 Å². The van der Waals surface area contributed by atoms with E-state index in [0.29, 0.717) is 12.1 Å². The molecular formula is C17H14N6O. The molecule has 0 fully saturated rings. The molecule has 7 heteroatoms. The van der Waals surface area contributed by atoms with Gasteiger partial charge in [0.1, 0.15) is 0 Å². The van der Waals surface area contributed by atoms with Crippen LogP contribution in [-0.2, 0) is 0 Å². The van der Waals surface area contributed by atoms with Crippen LogP contribution in [0.1, 0.15) is 16.9 Å². The number of amides is 1. The second kappa shape index (κ2) is 6.04. The number of H-pyrrole nitrogens is 1. The van der Waals surface area contributed by atoms with Crippen molar-refractivity contribution in [2.75, 3.05) is 0 Å².